The molecule has 0 aromatic carbocycles. The molecule has 5 heteroatoms. The van der Waals surface area contributed by atoms with E-state index in [2.05, 4.69) is 6.58 Å². The summed E-state index contributed by atoms with van der Waals surface area (Å²) < 4.78 is 10.0. The second kappa shape index (κ2) is 8.60. The van der Waals surface area contributed by atoms with Crippen LogP contribution in [0.2, 0.25) is 0 Å². The molecule has 0 aromatic heterocycles. The Morgan fingerprint density at radius 3 is 2.33 bits per heavy atom. The van der Waals surface area contributed by atoms with Crippen molar-refractivity contribution >= 4 is 17.7 Å². The third kappa shape index (κ3) is 4.69. The summed E-state index contributed by atoms with van der Waals surface area (Å²) >= 11 is 0. The first-order valence-corrected chi connectivity index (χ1v) is 7.50. The minimum Gasteiger partial charge on any atom is -0.465 e. The maximum atomic E-state index is 12.2. The first kappa shape index (κ1) is 17.4. The summed E-state index contributed by atoms with van der Waals surface area (Å²) in [5.74, 6) is -2.39. The number of ether oxygens (including phenoxy) is 2. The van der Waals surface area contributed by atoms with Gasteiger partial charge in [-0.1, -0.05) is 6.08 Å². The SMILES string of the molecule is C=CCC1CCC(=O)CC1C(C(=O)OCC)C(=O)OCC. The van der Waals surface area contributed by atoms with Gasteiger partial charge in [0.2, 0.25) is 0 Å². The van der Waals surface area contributed by atoms with Crippen LogP contribution in [0.4, 0.5) is 0 Å². The average molecular weight is 296 g/mol. The van der Waals surface area contributed by atoms with E-state index in [1.807, 2.05) is 0 Å². The normalized spacial score (nSPS) is 22.0. The maximum absolute atomic E-state index is 12.2. The van der Waals surface area contributed by atoms with Gasteiger partial charge in [-0.2, -0.15) is 0 Å². The Kier molecular flexibility index (Phi) is 7.12. The van der Waals surface area contributed by atoms with Crippen LogP contribution in [-0.4, -0.2) is 30.9 Å². The molecule has 21 heavy (non-hydrogen) atoms. The van der Waals surface area contributed by atoms with E-state index in [0.29, 0.717) is 19.3 Å². The van der Waals surface area contributed by atoms with Crippen LogP contribution in [0, 0.1) is 17.8 Å². The van der Waals surface area contributed by atoms with Gasteiger partial charge >= 0.3 is 11.9 Å². The summed E-state index contributed by atoms with van der Waals surface area (Å²) in [4.78, 5) is 36.1. The van der Waals surface area contributed by atoms with E-state index >= 15 is 0 Å². The standard InChI is InChI=1S/C16H24O5/c1-4-7-11-8-9-12(17)10-13(11)14(15(18)20-5-2)16(19)21-6-3/h4,11,13-14H,1,5-10H2,2-3H3. The fourth-order valence-corrected chi connectivity index (χ4v) is 2.90. The minimum atomic E-state index is -1.01. The van der Waals surface area contributed by atoms with Crippen LogP contribution >= 0.6 is 0 Å². The first-order chi connectivity index (χ1) is 10.0. The lowest BCUT2D eigenvalue weighted by molar-refractivity contribution is -0.166. The Morgan fingerprint density at radius 2 is 1.86 bits per heavy atom. The Hall–Kier alpha value is -1.65. The highest BCUT2D eigenvalue weighted by Crippen LogP contribution is 2.37. The van der Waals surface area contributed by atoms with Crippen molar-refractivity contribution in [2.24, 2.45) is 17.8 Å². The number of ketones is 1. The number of carbonyl (C=O) groups is 3. The molecular formula is C16H24O5. The highest BCUT2D eigenvalue weighted by molar-refractivity contribution is 5.96. The van der Waals surface area contributed by atoms with E-state index in [0.717, 1.165) is 0 Å². The van der Waals surface area contributed by atoms with Crippen molar-refractivity contribution in [1.82, 2.24) is 0 Å². The topological polar surface area (TPSA) is 69.7 Å². The molecule has 2 atom stereocenters. The predicted molar refractivity (Wildman–Crippen MR) is 77.4 cm³/mol. The van der Waals surface area contributed by atoms with Crippen molar-refractivity contribution in [2.75, 3.05) is 13.2 Å². The first-order valence-electron chi connectivity index (χ1n) is 7.50. The molecule has 1 saturated carbocycles. The molecule has 0 N–H and O–H groups in total. The molecule has 0 bridgehead atoms. The summed E-state index contributed by atoms with van der Waals surface area (Å²) in [5.41, 5.74) is 0. The zero-order chi connectivity index (χ0) is 15.8. The van der Waals surface area contributed by atoms with Crippen molar-refractivity contribution < 1.29 is 23.9 Å². The lowest BCUT2D eigenvalue weighted by Crippen LogP contribution is -2.41. The van der Waals surface area contributed by atoms with E-state index < -0.39 is 17.9 Å². The van der Waals surface area contributed by atoms with Gasteiger partial charge in [-0.15, -0.1) is 6.58 Å². The maximum Gasteiger partial charge on any atom is 0.320 e. The van der Waals surface area contributed by atoms with Gasteiger partial charge < -0.3 is 9.47 Å². The smallest absolute Gasteiger partial charge is 0.320 e. The Morgan fingerprint density at radius 1 is 1.29 bits per heavy atom. The molecule has 0 aliphatic heterocycles. The van der Waals surface area contributed by atoms with Crippen LogP contribution in [0.5, 0.6) is 0 Å². The minimum absolute atomic E-state index is 0.0823. The van der Waals surface area contributed by atoms with Crippen LogP contribution in [0.25, 0.3) is 0 Å². The molecule has 1 aliphatic carbocycles. The van der Waals surface area contributed by atoms with Gasteiger partial charge in [0.05, 0.1) is 13.2 Å². The lowest BCUT2D eigenvalue weighted by atomic mass is 9.70. The number of Topliss-reactive ketones (excluding diaryl/α,β-unsaturated/α-hetero) is 1. The highest BCUT2D eigenvalue weighted by Gasteiger charge is 2.43. The number of rotatable bonds is 7. The number of carbonyl (C=O) groups excluding carboxylic acids is 3. The predicted octanol–water partition coefficient (Wildman–Crippen LogP) is 2.29. The monoisotopic (exact) mass is 296 g/mol. The van der Waals surface area contributed by atoms with Gasteiger partial charge in [0.1, 0.15) is 5.78 Å². The molecule has 0 spiro atoms. The zero-order valence-corrected chi connectivity index (χ0v) is 12.8. The summed E-state index contributed by atoms with van der Waals surface area (Å²) in [6.45, 7) is 7.48. The van der Waals surface area contributed by atoms with Crippen molar-refractivity contribution in [1.29, 1.82) is 0 Å². The largest absolute Gasteiger partial charge is 0.465 e. The molecule has 1 fully saturated rings. The molecule has 0 heterocycles. The number of hydrogen-bond donors (Lipinski definition) is 0. The molecule has 1 rings (SSSR count). The summed E-state index contributed by atoms with van der Waals surface area (Å²) in [6.07, 6.45) is 3.83. The fraction of sp³-hybridized carbons (Fsp3) is 0.688. The van der Waals surface area contributed by atoms with Crippen molar-refractivity contribution in [3.63, 3.8) is 0 Å². The molecule has 2 unspecified atom stereocenters. The van der Waals surface area contributed by atoms with Gasteiger partial charge in [-0.25, -0.2) is 0 Å². The van der Waals surface area contributed by atoms with E-state index in [9.17, 15) is 14.4 Å². The third-order valence-corrected chi connectivity index (χ3v) is 3.84. The molecule has 1 aliphatic rings. The van der Waals surface area contributed by atoms with Crippen LogP contribution in [0.15, 0.2) is 12.7 Å². The molecule has 118 valence electrons. The van der Waals surface area contributed by atoms with Crippen molar-refractivity contribution in [2.45, 2.75) is 39.5 Å². The van der Waals surface area contributed by atoms with Crippen LogP contribution < -0.4 is 0 Å². The third-order valence-electron chi connectivity index (χ3n) is 3.84. The second-order valence-electron chi connectivity index (χ2n) is 5.21. The lowest BCUT2D eigenvalue weighted by Gasteiger charge is -2.33. The second-order valence-corrected chi connectivity index (χ2v) is 5.21. The van der Waals surface area contributed by atoms with Gasteiger partial charge in [-0.05, 0) is 38.5 Å². The van der Waals surface area contributed by atoms with Gasteiger partial charge in [0.25, 0.3) is 0 Å². The molecule has 0 aromatic rings. The van der Waals surface area contributed by atoms with E-state index in [1.165, 1.54) is 0 Å². The molecule has 5 nitrogen and oxygen atoms in total. The van der Waals surface area contributed by atoms with E-state index in [4.69, 9.17) is 9.47 Å². The summed E-state index contributed by atoms with van der Waals surface area (Å²) in [6, 6.07) is 0. The fourth-order valence-electron chi connectivity index (χ4n) is 2.90. The summed E-state index contributed by atoms with van der Waals surface area (Å²) in [5, 5.41) is 0. The molecular weight excluding hydrogens is 272 g/mol. The average Bonchev–Trinajstić information content (AvgIpc) is 2.43. The molecule has 0 saturated heterocycles. The van der Waals surface area contributed by atoms with Gasteiger partial charge in [-0.3, -0.25) is 14.4 Å². The zero-order valence-electron chi connectivity index (χ0n) is 12.8. The Bertz CT molecular complexity index is 383. The van der Waals surface area contributed by atoms with Crippen LogP contribution in [-0.2, 0) is 23.9 Å². The quantitative estimate of drug-likeness (QED) is 0.409. The van der Waals surface area contributed by atoms with Gasteiger partial charge in [0, 0.05) is 12.8 Å². The molecule has 0 radical (unpaired) electrons. The highest BCUT2D eigenvalue weighted by atomic mass is 16.6. The Labute approximate surface area is 125 Å². The van der Waals surface area contributed by atoms with Crippen molar-refractivity contribution in [3.05, 3.63) is 12.7 Å². The number of esters is 2. The Balaban J connectivity index is 3.00. The number of hydrogen-bond acceptors (Lipinski definition) is 5. The van der Waals surface area contributed by atoms with E-state index in [-0.39, 0.29) is 37.3 Å². The van der Waals surface area contributed by atoms with E-state index in [1.54, 1.807) is 19.9 Å². The van der Waals surface area contributed by atoms with Gasteiger partial charge in [0.15, 0.2) is 5.92 Å². The van der Waals surface area contributed by atoms with Crippen LogP contribution in [0.1, 0.15) is 39.5 Å². The number of allylic oxidation sites excluding steroid dienone is 1. The van der Waals surface area contributed by atoms with Crippen molar-refractivity contribution in [3.8, 4) is 0 Å². The summed E-state index contributed by atoms with van der Waals surface area (Å²) in [7, 11) is 0. The molecule has 0 amide bonds. The van der Waals surface area contributed by atoms with Crippen LogP contribution in [0.3, 0.4) is 0 Å².